The summed E-state index contributed by atoms with van der Waals surface area (Å²) in [4.78, 5) is 10.7. The molecule has 0 heterocycles. The third-order valence-electron chi connectivity index (χ3n) is 2.81. The molecule has 1 aromatic carbocycles. The minimum atomic E-state index is -0.883. The van der Waals surface area contributed by atoms with Gasteiger partial charge in [0.05, 0.1) is 5.56 Å². The Hall–Kier alpha value is -1.51. The van der Waals surface area contributed by atoms with Gasteiger partial charge in [0.15, 0.2) is 0 Å². The second-order valence-electron chi connectivity index (χ2n) is 5.83. The molecule has 0 spiro atoms. The van der Waals surface area contributed by atoms with Gasteiger partial charge in [0.2, 0.25) is 0 Å². The first-order valence-corrected chi connectivity index (χ1v) is 6.46. The number of carbonyl (C=O) groups is 1. The second-order valence-corrected chi connectivity index (χ2v) is 5.83. The summed E-state index contributed by atoms with van der Waals surface area (Å²) < 4.78 is 0. The van der Waals surface area contributed by atoms with E-state index in [0.717, 1.165) is 18.7 Å². The average Bonchev–Trinajstić information content (AvgIpc) is 2.27. The lowest BCUT2D eigenvalue weighted by molar-refractivity contribution is 0.0697. The topological polar surface area (TPSA) is 49.3 Å². The first kappa shape index (κ1) is 14.6. The Labute approximate surface area is 109 Å². The number of rotatable bonds is 6. The van der Waals surface area contributed by atoms with Crippen LogP contribution < -0.4 is 5.32 Å². The highest BCUT2D eigenvalue weighted by molar-refractivity contribution is 5.87. The summed E-state index contributed by atoms with van der Waals surface area (Å²) in [6.07, 6.45) is 3.58. The molecule has 0 radical (unpaired) electrons. The van der Waals surface area contributed by atoms with Crippen LogP contribution in [0.3, 0.4) is 0 Å². The number of benzene rings is 1. The van der Waals surface area contributed by atoms with Crippen LogP contribution in [0.5, 0.6) is 0 Å². The van der Waals surface area contributed by atoms with Crippen molar-refractivity contribution in [1.82, 2.24) is 0 Å². The molecule has 0 aliphatic carbocycles. The monoisotopic (exact) mass is 249 g/mol. The van der Waals surface area contributed by atoms with Crippen LogP contribution >= 0.6 is 0 Å². The van der Waals surface area contributed by atoms with Crippen molar-refractivity contribution in [2.75, 3.05) is 11.9 Å². The Kier molecular flexibility index (Phi) is 5.20. The van der Waals surface area contributed by atoms with Crippen LogP contribution in [0, 0.1) is 5.41 Å². The van der Waals surface area contributed by atoms with Gasteiger partial charge >= 0.3 is 5.97 Å². The summed E-state index contributed by atoms with van der Waals surface area (Å²) in [5.41, 5.74) is 1.72. The molecule has 0 fully saturated rings. The molecule has 18 heavy (non-hydrogen) atoms. The number of carboxylic acids is 1. The number of hydrogen-bond donors (Lipinski definition) is 2. The first-order valence-electron chi connectivity index (χ1n) is 6.46. The molecule has 2 N–H and O–H groups in total. The molecule has 0 amide bonds. The molecule has 1 rings (SSSR count). The standard InChI is InChI=1S/C15H23NO2/c1-15(2,3)10-4-5-11-16-13-8-6-12(7-9-13)14(17)18/h6-9,16H,4-5,10-11H2,1-3H3,(H,17,18). The van der Waals surface area contributed by atoms with Crippen LogP contribution in [0.2, 0.25) is 0 Å². The predicted octanol–water partition coefficient (Wildman–Crippen LogP) is 4.01. The lowest BCUT2D eigenvalue weighted by Crippen LogP contribution is -2.07. The van der Waals surface area contributed by atoms with E-state index in [4.69, 9.17) is 5.11 Å². The molecule has 0 aliphatic heterocycles. The maximum atomic E-state index is 10.7. The van der Waals surface area contributed by atoms with E-state index in [1.807, 2.05) is 12.1 Å². The molecule has 0 bridgehead atoms. The van der Waals surface area contributed by atoms with Crippen LogP contribution in [0.4, 0.5) is 5.69 Å². The van der Waals surface area contributed by atoms with Crippen molar-refractivity contribution in [1.29, 1.82) is 0 Å². The SMILES string of the molecule is CC(C)(C)CCCCNc1ccc(C(=O)O)cc1. The summed E-state index contributed by atoms with van der Waals surface area (Å²) in [5, 5.41) is 12.1. The highest BCUT2D eigenvalue weighted by Crippen LogP contribution is 2.21. The van der Waals surface area contributed by atoms with Gasteiger partial charge in [0.25, 0.3) is 0 Å². The van der Waals surface area contributed by atoms with Gasteiger partial charge in [-0.15, -0.1) is 0 Å². The van der Waals surface area contributed by atoms with Crippen molar-refractivity contribution in [3.63, 3.8) is 0 Å². The maximum absolute atomic E-state index is 10.7. The molecule has 0 aliphatic rings. The quantitative estimate of drug-likeness (QED) is 0.749. The molecule has 0 saturated heterocycles. The van der Waals surface area contributed by atoms with E-state index in [1.165, 1.54) is 12.8 Å². The average molecular weight is 249 g/mol. The number of hydrogen-bond acceptors (Lipinski definition) is 2. The summed E-state index contributed by atoms with van der Waals surface area (Å²) in [6, 6.07) is 6.88. The van der Waals surface area contributed by atoms with Crippen molar-refractivity contribution >= 4 is 11.7 Å². The van der Waals surface area contributed by atoms with E-state index < -0.39 is 5.97 Å². The lowest BCUT2D eigenvalue weighted by atomic mass is 9.90. The zero-order valence-electron chi connectivity index (χ0n) is 11.5. The number of aromatic carboxylic acids is 1. The molecule has 0 unspecified atom stereocenters. The molecule has 0 aromatic heterocycles. The van der Waals surface area contributed by atoms with Gasteiger partial charge in [0, 0.05) is 12.2 Å². The van der Waals surface area contributed by atoms with Crippen molar-refractivity contribution in [3.05, 3.63) is 29.8 Å². The number of carboxylic acid groups (broad SMARTS) is 1. The van der Waals surface area contributed by atoms with Crippen LogP contribution in [0.1, 0.15) is 50.4 Å². The van der Waals surface area contributed by atoms with Crippen LogP contribution in [-0.4, -0.2) is 17.6 Å². The van der Waals surface area contributed by atoms with Crippen molar-refractivity contribution in [2.24, 2.45) is 5.41 Å². The highest BCUT2D eigenvalue weighted by atomic mass is 16.4. The van der Waals surface area contributed by atoms with E-state index in [9.17, 15) is 4.79 Å². The number of nitrogens with one attached hydrogen (secondary N) is 1. The summed E-state index contributed by atoms with van der Waals surface area (Å²) in [7, 11) is 0. The molecule has 3 nitrogen and oxygen atoms in total. The van der Waals surface area contributed by atoms with Gasteiger partial charge in [0.1, 0.15) is 0 Å². The van der Waals surface area contributed by atoms with E-state index in [-0.39, 0.29) is 0 Å². The fourth-order valence-corrected chi connectivity index (χ4v) is 1.74. The summed E-state index contributed by atoms with van der Waals surface area (Å²) >= 11 is 0. The van der Waals surface area contributed by atoms with E-state index >= 15 is 0 Å². The minimum absolute atomic E-state index is 0.327. The molecular formula is C15H23NO2. The first-order chi connectivity index (χ1) is 8.38. The van der Waals surface area contributed by atoms with Gasteiger partial charge in [-0.25, -0.2) is 4.79 Å². The minimum Gasteiger partial charge on any atom is -0.478 e. The van der Waals surface area contributed by atoms with E-state index in [0.29, 0.717) is 11.0 Å². The number of unbranched alkanes of at least 4 members (excludes halogenated alkanes) is 1. The molecular weight excluding hydrogens is 226 g/mol. The summed E-state index contributed by atoms with van der Waals surface area (Å²) in [5.74, 6) is -0.883. The normalized spacial score (nSPS) is 11.3. The maximum Gasteiger partial charge on any atom is 0.335 e. The molecule has 0 atom stereocenters. The Morgan fingerprint density at radius 3 is 2.28 bits per heavy atom. The van der Waals surface area contributed by atoms with Crippen molar-refractivity contribution in [3.8, 4) is 0 Å². The largest absolute Gasteiger partial charge is 0.478 e. The Morgan fingerprint density at radius 1 is 1.17 bits per heavy atom. The summed E-state index contributed by atoms with van der Waals surface area (Å²) in [6.45, 7) is 7.70. The molecule has 3 heteroatoms. The van der Waals surface area contributed by atoms with Crippen LogP contribution in [0.25, 0.3) is 0 Å². The number of anilines is 1. The van der Waals surface area contributed by atoms with E-state index in [2.05, 4.69) is 26.1 Å². The Balaban J connectivity index is 2.25. The van der Waals surface area contributed by atoms with Crippen LogP contribution in [0.15, 0.2) is 24.3 Å². The zero-order chi connectivity index (χ0) is 13.6. The van der Waals surface area contributed by atoms with Gasteiger partial charge in [-0.3, -0.25) is 0 Å². The molecule has 0 saturated carbocycles. The zero-order valence-corrected chi connectivity index (χ0v) is 11.5. The van der Waals surface area contributed by atoms with Gasteiger partial charge < -0.3 is 10.4 Å². The smallest absolute Gasteiger partial charge is 0.335 e. The molecule has 1 aromatic rings. The van der Waals surface area contributed by atoms with Crippen molar-refractivity contribution in [2.45, 2.75) is 40.0 Å². The van der Waals surface area contributed by atoms with Gasteiger partial charge in [-0.05, 0) is 42.5 Å². The van der Waals surface area contributed by atoms with Crippen molar-refractivity contribution < 1.29 is 9.90 Å². The van der Waals surface area contributed by atoms with Crippen LogP contribution in [-0.2, 0) is 0 Å². The molecule has 100 valence electrons. The fraction of sp³-hybridized carbons (Fsp3) is 0.533. The Bertz CT molecular complexity index is 376. The lowest BCUT2D eigenvalue weighted by Gasteiger charge is -2.17. The third kappa shape index (κ3) is 5.71. The van der Waals surface area contributed by atoms with Gasteiger partial charge in [-0.1, -0.05) is 27.2 Å². The predicted molar refractivity (Wildman–Crippen MR) is 75.2 cm³/mol. The second kappa shape index (κ2) is 6.43. The van der Waals surface area contributed by atoms with E-state index in [1.54, 1.807) is 12.1 Å². The Morgan fingerprint density at radius 2 is 1.78 bits per heavy atom. The van der Waals surface area contributed by atoms with Gasteiger partial charge in [-0.2, -0.15) is 0 Å². The fourth-order valence-electron chi connectivity index (χ4n) is 1.74. The third-order valence-corrected chi connectivity index (χ3v) is 2.81. The highest BCUT2D eigenvalue weighted by Gasteiger charge is 2.08.